The molecular weight excluding hydrogens is 499 g/mol. The van der Waals surface area contributed by atoms with Gasteiger partial charge in [0.15, 0.2) is 0 Å². The number of ether oxygens (including phenoxy) is 1. The minimum atomic E-state index is -4.57. The number of rotatable bonds is 4. The fourth-order valence-corrected chi connectivity index (χ4v) is 4.95. The summed E-state index contributed by atoms with van der Waals surface area (Å²) in [5.41, 5.74) is 8.28. The van der Waals surface area contributed by atoms with Crippen LogP contribution in [0.1, 0.15) is 29.5 Å². The second-order valence-corrected chi connectivity index (χ2v) is 9.02. The van der Waals surface area contributed by atoms with Crippen molar-refractivity contribution >= 4 is 33.7 Å². The van der Waals surface area contributed by atoms with E-state index < -0.39 is 12.0 Å². The number of nitrogens with two attached hydrogens (primary N) is 1. The lowest BCUT2D eigenvalue weighted by atomic mass is 10.1. The van der Waals surface area contributed by atoms with Crippen molar-refractivity contribution in [2.75, 3.05) is 26.0 Å². The number of anilines is 1. The molecule has 0 unspecified atom stereocenters. The molecule has 1 saturated heterocycles. The van der Waals surface area contributed by atoms with E-state index in [0.717, 1.165) is 4.57 Å². The number of hydrogen-bond donors (Lipinski definition) is 1. The zero-order chi connectivity index (χ0) is 27.2. The van der Waals surface area contributed by atoms with E-state index in [1.165, 1.54) is 19.2 Å². The van der Waals surface area contributed by atoms with Crippen molar-refractivity contribution in [3.05, 3.63) is 60.2 Å². The summed E-state index contributed by atoms with van der Waals surface area (Å²) in [5, 5.41) is 5.29. The molecule has 9 nitrogen and oxygen atoms in total. The van der Waals surface area contributed by atoms with Crippen molar-refractivity contribution in [2.45, 2.75) is 24.7 Å². The van der Waals surface area contributed by atoms with Gasteiger partial charge in [-0.2, -0.15) is 18.3 Å². The maximum Gasteiger partial charge on any atom is 0.449 e. The number of alkyl halides is 3. The Bertz CT molecular complexity index is 1630. The van der Waals surface area contributed by atoms with E-state index in [2.05, 4.69) is 28.4 Å². The number of carbonyl (C=O) groups excluding carboxylic acids is 1. The number of pyridine rings is 1. The lowest BCUT2D eigenvalue weighted by Gasteiger charge is -2.22. The number of imidazole rings is 1. The standard InChI is InChI=1S/C26H24F3N7O2/c1-4-22(37)35-13-16(12-17(35)14-38-3)36-21-9-10-31-24(30)23(21)18(33-36)7-5-15-6-8-20-19(11-15)32-25(34(20)2)26(27,28)29/h4,6,8-11,16-17H,1,12-14H2,2-3H3,(H2,30,31)/t16-,17+/m0/s1. The van der Waals surface area contributed by atoms with Crippen LogP contribution in [0.25, 0.3) is 21.9 Å². The number of carbonyl (C=O) groups is 1. The van der Waals surface area contributed by atoms with Crippen molar-refractivity contribution in [1.82, 2.24) is 29.2 Å². The maximum atomic E-state index is 13.3. The molecule has 2 atom stereocenters. The molecule has 0 bridgehead atoms. The van der Waals surface area contributed by atoms with Crippen LogP contribution in [0.4, 0.5) is 19.0 Å². The first-order chi connectivity index (χ1) is 18.1. The third-order valence-electron chi connectivity index (χ3n) is 6.66. The van der Waals surface area contributed by atoms with Gasteiger partial charge in [-0.1, -0.05) is 12.5 Å². The first-order valence-corrected chi connectivity index (χ1v) is 11.7. The van der Waals surface area contributed by atoms with Crippen molar-refractivity contribution in [3.63, 3.8) is 0 Å². The number of fused-ring (bicyclic) bond motifs is 2. The van der Waals surface area contributed by atoms with Gasteiger partial charge in [-0.3, -0.25) is 9.48 Å². The third kappa shape index (κ3) is 4.35. The highest BCUT2D eigenvalue weighted by atomic mass is 19.4. The first-order valence-electron chi connectivity index (χ1n) is 11.7. The van der Waals surface area contributed by atoms with E-state index in [1.807, 2.05) is 0 Å². The van der Waals surface area contributed by atoms with Crippen LogP contribution in [0.5, 0.6) is 0 Å². The average Bonchev–Trinajstić information content (AvgIpc) is 3.56. The number of halogens is 3. The smallest absolute Gasteiger partial charge is 0.383 e. The quantitative estimate of drug-likeness (QED) is 0.325. The summed E-state index contributed by atoms with van der Waals surface area (Å²) >= 11 is 0. The van der Waals surface area contributed by atoms with Gasteiger partial charge < -0.3 is 19.9 Å². The molecule has 3 aromatic heterocycles. The number of methoxy groups -OCH3 is 1. The Labute approximate surface area is 215 Å². The fraction of sp³-hybridized carbons (Fsp3) is 0.308. The van der Waals surface area contributed by atoms with E-state index in [9.17, 15) is 18.0 Å². The molecule has 1 aliphatic rings. The van der Waals surface area contributed by atoms with E-state index in [0.29, 0.717) is 47.2 Å². The highest BCUT2D eigenvalue weighted by molar-refractivity contribution is 5.93. The lowest BCUT2D eigenvalue weighted by Crippen LogP contribution is -2.37. The zero-order valence-electron chi connectivity index (χ0n) is 20.7. The summed E-state index contributed by atoms with van der Waals surface area (Å²) in [6, 6.07) is 6.16. The minimum Gasteiger partial charge on any atom is -0.383 e. The van der Waals surface area contributed by atoms with Gasteiger partial charge in [0.1, 0.15) is 11.5 Å². The van der Waals surface area contributed by atoms with Crippen molar-refractivity contribution in [2.24, 2.45) is 7.05 Å². The van der Waals surface area contributed by atoms with Crippen LogP contribution in [0.15, 0.2) is 43.1 Å². The Hall–Kier alpha value is -4.37. The van der Waals surface area contributed by atoms with Gasteiger partial charge in [0, 0.05) is 32.5 Å². The number of nitrogen functional groups attached to an aromatic ring is 1. The monoisotopic (exact) mass is 523 g/mol. The molecule has 1 fully saturated rings. The molecule has 4 heterocycles. The maximum absolute atomic E-state index is 13.3. The Morgan fingerprint density at radius 3 is 2.79 bits per heavy atom. The van der Waals surface area contributed by atoms with E-state index >= 15 is 0 Å². The van der Waals surface area contributed by atoms with Gasteiger partial charge in [-0.05, 0) is 42.7 Å². The summed E-state index contributed by atoms with van der Waals surface area (Å²) in [7, 11) is 2.90. The number of hydrogen-bond acceptors (Lipinski definition) is 6. The van der Waals surface area contributed by atoms with Gasteiger partial charge in [0.2, 0.25) is 11.7 Å². The highest BCUT2D eigenvalue weighted by Crippen LogP contribution is 2.33. The van der Waals surface area contributed by atoms with E-state index in [4.69, 9.17) is 15.6 Å². The van der Waals surface area contributed by atoms with Gasteiger partial charge >= 0.3 is 6.18 Å². The van der Waals surface area contributed by atoms with Crippen LogP contribution in [0.3, 0.4) is 0 Å². The molecule has 0 saturated carbocycles. The molecule has 0 spiro atoms. The Morgan fingerprint density at radius 1 is 1.29 bits per heavy atom. The van der Waals surface area contributed by atoms with Crippen LogP contribution in [0.2, 0.25) is 0 Å². The predicted molar refractivity (Wildman–Crippen MR) is 135 cm³/mol. The van der Waals surface area contributed by atoms with Gasteiger partial charge in [0.25, 0.3) is 0 Å². The molecule has 12 heteroatoms. The van der Waals surface area contributed by atoms with Gasteiger partial charge in [-0.15, -0.1) is 0 Å². The topological polar surface area (TPSA) is 104 Å². The van der Waals surface area contributed by atoms with Gasteiger partial charge in [0.05, 0.1) is 40.6 Å². The predicted octanol–water partition coefficient (Wildman–Crippen LogP) is 3.29. The van der Waals surface area contributed by atoms with Crippen LogP contribution in [-0.2, 0) is 22.8 Å². The molecule has 0 aliphatic carbocycles. The summed E-state index contributed by atoms with van der Waals surface area (Å²) in [4.78, 5) is 22.1. The molecule has 2 N–H and O–H groups in total. The molecule has 1 amide bonds. The Balaban J connectivity index is 1.54. The Kier molecular flexibility index (Phi) is 6.32. The van der Waals surface area contributed by atoms with E-state index in [-0.39, 0.29) is 29.3 Å². The molecule has 1 aliphatic heterocycles. The van der Waals surface area contributed by atoms with Crippen LogP contribution in [-0.4, -0.2) is 61.4 Å². The second-order valence-electron chi connectivity index (χ2n) is 9.02. The van der Waals surface area contributed by atoms with Crippen molar-refractivity contribution in [3.8, 4) is 11.8 Å². The molecule has 0 radical (unpaired) electrons. The normalized spacial score (nSPS) is 17.7. The molecule has 4 aromatic rings. The minimum absolute atomic E-state index is 0.143. The highest BCUT2D eigenvalue weighted by Gasteiger charge is 2.37. The summed E-state index contributed by atoms with van der Waals surface area (Å²) in [5.74, 6) is 5.06. The molecule has 38 heavy (non-hydrogen) atoms. The first kappa shape index (κ1) is 25.3. The number of benzene rings is 1. The SMILES string of the molecule is C=CC(=O)N1C[C@@H](n2nc(C#Cc3ccc4c(c3)nc(C(F)(F)F)n4C)c3c(N)nccc32)C[C@@H]1COC. The number of likely N-dealkylation sites (tertiary alicyclic amines) is 1. The average molecular weight is 524 g/mol. The zero-order valence-corrected chi connectivity index (χ0v) is 20.7. The summed E-state index contributed by atoms with van der Waals surface area (Å²) in [6.45, 7) is 4.37. The second kappa shape index (κ2) is 9.50. The number of nitrogens with zero attached hydrogens (tertiary/aromatic N) is 6. The fourth-order valence-electron chi connectivity index (χ4n) is 4.95. The lowest BCUT2D eigenvalue weighted by molar-refractivity contribution is -0.146. The third-order valence-corrected chi connectivity index (χ3v) is 6.66. The summed E-state index contributed by atoms with van der Waals surface area (Å²) < 4.78 is 47.9. The number of aromatic nitrogens is 5. The largest absolute Gasteiger partial charge is 0.449 e. The molecule has 196 valence electrons. The molecular formula is C26H24F3N7O2. The van der Waals surface area contributed by atoms with E-state index in [1.54, 1.807) is 41.1 Å². The van der Waals surface area contributed by atoms with Crippen molar-refractivity contribution < 1.29 is 22.7 Å². The molecule has 5 rings (SSSR count). The number of aryl methyl sites for hydroxylation is 1. The van der Waals surface area contributed by atoms with Crippen molar-refractivity contribution in [1.29, 1.82) is 0 Å². The van der Waals surface area contributed by atoms with Gasteiger partial charge in [-0.25, -0.2) is 9.97 Å². The van der Waals surface area contributed by atoms with Crippen LogP contribution < -0.4 is 5.73 Å². The van der Waals surface area contributed by atoms with Crippen LogP contribution >= 0.6 is 0 Å². The molecule has 1 aromatic carbocycles. The Morgan fingerprint density at radius 2 is 2.08 bits per heavy atom. The van der Waals surface area contributed by atoms with Crippen LogP contribution in [0, 0.1) is 11.8 Å². The number of amides is 1. The summed E-state index contributed by atoms with van der Waals surface area (Å²) in [6.07, 6.45) is -1.10.